The molecule has 1 aliphatic heterocycles. The van der Waals surface area contributed by atoms with Gasteiger partial charge in [0, 0.05) is 12.1 Å². The molecule has 23 heavy (non-hydrogen) atoms. The Hall–Kier alpha value is -2.55. The molecule has 1 saturated heterocycles. The molecule has 1 heterocycles. The molecule has 0 amide bonds. The summed E-state index contributed by atoms with van der Waals surface area (Å²) in [6.45, 7) is 8.79. The Balaban J connectivity index is 1.99. The lowest BCUT2D eigenvalue weighted by molar-refractivity contribution is 0.256. The largest absolute Gasteiger partial charge is 0.465 e. The highest BCUT2D eigenvalue weighted by atomic mass is 16.5. The van der Waals surface area contributed by atoms with Crippen molar-refractivity contribution >= 4 is 17.4 Å². The molecule has 3 nitrogen and oxygen atoms in total. The molecule has 0 saturated carbocycles. The van der Waals surface area contributed by atoms with Crippen molar-refractivity contribution in [3.05, 3.63) is 72.3 Å². The average molecular weight is 306 g/mol. The van der Waals surface area contributed by atoms with Crippen molar-refractivity contribution in [2.24, 2.45) is 4.99 Å². The highest BCUT2D eigenvalue weighted by Crippen LogP contribution is 2.26. The Labute approximate surface area is 137 Å². The highest BCUT2D eigenvalue weighted by Gasteiger charge is 2.27. The normalized spacial score (nSPS) is 19.5. The summed E-state index contributed by atoms with van der Waals surface area (Å²) < 4.78 is 5.87. The maximum Gasteiger partial charge on any atom is 0.297 e. The third kappa shape index (κ3) is 3.45. The third-order valence-corrected chi connectivity index (χ3v) is 4.03. The number of rotatable bonds is 3. The number of aryl methyl sites for hydroxylation is 2. The lowest BCUT2D eigenvalue weighted by atomic mass is 10.1. The average Bonchev–Trinajstić information content (AvgIpc) is 2.58. The van der Waals surface area contributed by atoms with E-state index in [0.29, 0.717) is 12.6 Å². The molecule has 2 aromatic carbocycles. The summed E-state index contributed by atoms with van der Waals surface area (Å²) in [5.74, 6) is 0. The van der Waals surface area contributed by atoms with E-state index in [-0.39, 0.29) is 6.04 Å². The lowest BCUT2D eigenvalue weighted by Gasteiger charge is -2.36. The second-order valence-corrected chi connectivity index (χ2v) is 5.88. The number of hydrogen-bond acceptors (Lipinski definition) is 2. The van der Waals surface area contributed by atoms with Crippen LogP contribution < -0.4 is 4.90 Å². The first kappa shape index (κ1) is 15.3. The minimum absolute atomic E-state index is 0.190. The minimum atomic E-state index is 0.190. The number of hydrogen-bond donors (Lipinski definition) is 0. The highest BCUT2D eigenvalue weighted by molar-refractivity contribution is 5.95. The molecule has 0 N–H and O–H groups in total. The maximum absolute atomic E-state index is 5.87. The molecule has 3 heteroatoms. The Morgan fingerprint density at radius 1 is 1.04 bits per heavy atom. The molecule has 0 radical (unpaired) electrons. The molecule has 1 unspecified atom stereocenters. The summed E-state index contributed by atoms with van der Waals surface area (Å²) in [7, 11) is 0. The smallest absolute Gasteiger partial charge is 0.297 e. The number of benzene rings is 2. The Kier molecular flexibility index (Phi) is 4.47. The van der Waals surface area contributed by atoms with Gasteiger partial charge < -0.3 is 4.74 Å². The van der Waals surface area contributed by atoms with Crippen LogP contribution in [0, 0.1) is 13.8 Å². The van der Waals surface area contributed by atoms with Gasteiger partial charge in [-0.25, -0.2) is 0 Å². The van der Waals surface area contributed by atoms with Crippen LogP contribution in [0.2, 0.25) is 0 Å². The predicted molar refractivity (Wildman–Crippen MR) is 96.5 cm³/mol. The van der Waals surface area contributed by atoms with Crippen LogP contribution >= 0.6 is 0 Å². The van der Waals surface area contributed by atoms with Crippen LogP contribution in [0.4, 0.5) is 11.4 Å². The first-order valence-electron chi connectivity index (χ1n) is 7.94. The van der Waals surface area contributed by atoms with E-state index in [0.717, 1.165) is 17.8 Å². The van der Waals surface area contributed by atoms with Crippen molar-refractivity contribution in [3.8, 4) is 0 Å². The van der Waals surface area contributed by atoms with Gasteiger partial charge in [-0.15, -0.1) is 6.58 Å². The topological polar surface area (TPSA) is 24.8 Å². The first-order chi connectivity index (χ1) is 11.2. The number of aliphatic imine (C=N–C) groups is 1. The summed E-state index contributed by atoms with van der Waals surface area (Å²) in [5, 5.41) is 0. The van der Waals surface area contributed by atoms with Crippen molar-refractivity contribution in [1.29, 1.82) is 0 Å². The molecule has 1 atom stereocenters. The molecule has 118 valence electrons. The van der Waals surface area contributed by atoms with Gasteiger partial charge in [-0.1, -0.05) is 41.5 Å². The Morgan fingerprint density at radius 3 is 2.26 bits per heavy atom. The van der Waals surface area contributed by atoms with Gasteiger partial charge >= 0.3 is 0 Å². The summed E-state index contributed by atoms with van der Waals surface area (Å²) in [6, 6.07) is 17.4. The molecule has 1 aliphatic rings. The first-order valence-corrected chi connectivity index (χ1v) is 7.94. The number of nitrogens with zero attached hydrogens (tertiary/aromatic N) is 2. The fraction of sp³-hybridized carbons (Fsp3) is 0.250. The lowest BCUT2D eigenvalue weighted by Crippen LogP contribution is -2.45. The van der Waals surface area contributed by atoms with Gasteiger partial charge in [-0.05, 0) is 38.1 Å². The van der Waals surface area contributed by atoms with Crippen molar-refractivity contribution in [3.63, 3.8) is 0 Å². The van der Waals surface area contributed by atoms with E-state index >= 15 is 0 Å². The molecular formula is C20H22N2O. The van der Waals surface area contributed by atoms with Gasteiger partial charge in [0.05, 0.1) is 18.3 Å². The van der Waals surface area contributed by atoms with Crippen molar-refractivity contribution < 1.29 is 4.74 Å². The van der Waals surface area contributed by atoms with Crippen molar-refractivity contribution in [1.82, 2.24) is 0 Å². The van der Waals surface area contributed by atoms with Crippen LogP contribution in [0.1, 0.15) is 17.5 Å². The fourth-order valence-corrected chi connectivity index (χ4v) is 2.66. The Bertz CT molecular complexity index is 701. The molecule has 0 spiro atoms. The van der Waals surface area contributed by atoms with Crippen molar-refractivity contribution in [2.45, 2.75) is 26.3 Å². The molecule has 0 aromatic heterocycles. The second kappa shape index (κ2) is 6.69. The standard InChI is InChI=1S/C20H22N2O/c1-4-18-13-14-23-20(21-17-9-5-15(2)6-10-17)22(18)19-11-7-16(3)8-12-19/h4-12,18H,1,13-14H2,2-3H3. The predicted octanol–water partition coefficient (Wildman–Crippen LogP) is 4.77. The van der Waals surface area contributed by atoms with Crippen LogP contribution in [0.15, 0.2) is 66.2 Å². The molecule has 3 rings (SSSR count). The second-order valence-electron chi connectivity index (χ2n) is 5.88. The van der Waals surface area contributed by atoms with Crippen LogP contribution in [0.3, 0.4) is 0 Å². The van der Waals surface area contributed by atoms with Crippen LogP contribution in [-0.2, 0) is 4.74 Å². The molecule has 1 fully saturated rings. The van der Waals surface area contributed by atoms with Gasteiger partial charge in [0.15, 0.2) is 0 Å². The Morgan fingerprint density at radius 2 is 1.65 bits per heavy atom. The van der Waals surface area contributed by atoms with Crippen LogP contribution in [0.25, 0.3) is 0 Å². The zero-order valence-electron chi connectivity index (χ0n) is 13.7. The van der Waals surface area contributed by atoms with Gasteiger partial charge in [-0.2, -0.15) is 4.99 Å². The summed E-state index contributed by atoms with van der Waals surface area (Å²) >= 11 is 0. The zero-order chi connectivity index (χ0) is 16.2. The summed E-state index contributed by atoms with van der Waals surface area (Å²) in [6.07, 6.45) is 2.87. The SMILES string of the molecule is C=CC1CCOC(=Nc2ccc(C)cc2)N1c1ccc(C)cc1. The van der Waals surface area contributed by atoms with Gasteiger partial charge in [0.2, 0.25) is 0 Å². The quantitative estimate of drug-likeness (QED) is 0.763. The fourth-order valence-electron chi connectivity index (χ4n) is 2.66. The summed E-state index contributed by atoms with van der Waals surface area (Å²) in [5.41, 5.74) is 4.43. The van der Waals surface area contributed by atoms with Gasteiger partial charge in [0.1, 0.15) is 0 Å². The third-order valence-electron chi connectivity index (χ3n) is 4.03. The van der Waals surface area contributed by atoms with E-state index < -0.39 is 0 Å². The zero-order valence-corrected chi connectivity index (χ0v) is 13.7. The molecular weight excluding hydrogens is 284 g/mol. The van der Waals surface area contributed by atoms with E-state index in [1.54, 1.807) is 0 Å². The van der Waals surface area contributed by atoms with E-state index in [1.807, 2.05) is 18.2 Å². The van der Waals surface area contributed by atoms with Gasteiger partial charge in [-0.3, -0.25) is 4.90 Å². The number of amidine groups is 1. The number of anilines is 1. The maximum atomic E-state index is 5.87. The van der Waals surface area contributed by atoms with E-state index in [1.165, 1.54) is 11.1 Å². The van der Waals surface area contributed by atoms with E-state index in [9.17, 15) is 0 Å². The summed E-state index contributed by atoms with van der Waals surface area (Å²) in [4.78, 5) is 6.83. The van der Waals surface area contributed by atoms with Crippen molar-refractivity contribution in [2.75, 3.05) is 11.5 Å². The van der Waals surface area contributed by atoms with Crippen LogP contribution in [-0.4, -0.2) is 18.7 Å². The number of ether oxygens (including phenoxy) is 1. The molecule has 0 aliphatic carbocycles. The molecule has 2 aromatic rings. The molecule has 0 bridgehead atoms. The van der Waals surface area contributed by atoms with Crippen LogP contribution in [0.5, 0.6) is 0 Å². The van der Waals surface area contributed by atoms with E-state index in [4.69, 9.17) is 9.73 Å². The van der Waals surface area contributed by atoms with E-state index in [2.05, 4.69) is 61.7 Å². The monoisotopic (exact) mass is 306 g/mol. The minimum Gasteiger partial charge on any atom is -0.465 e. The van der Waals surface area contributed by atoms with Gasteiger partial charge in [0.25, 0.3) is 6.02 Å².